The second-order valence-corrected chi connectivity index (χ2v) is 7.73. The molecule has 1 aromatic carbocycles. The Hall–Kier alpha value is -1.98. The molecule has 1 aromatic rings. The smallest absolute Gasteiger partial charge is 0.480 e. The van der Waals surface area contributed by atoms with Crippen molar-refractivity contribution in [2.75, 3.05) is 20.1 Å². The minimum absolute atomic E-state index is 0.264. The van der Waals surface area contributed by atoms with Crippen molar-refractivity contribution in [3.8, 4) is 0 Å². The number of thiol groups is 1. The summed E-state index contributed by atoms with van der Waals surface area (Å²) in [4.78, 5) is 35.0. The third-order valence-electron chi connectivity index (χ3n) is 4.27. The van der Waals surface area contributed by atoms with Crippen LogP contribution in [0.15, 0.2) is 24.3 Å². The zero-order chi connectivity index (χ0) is 22.4. The zero-order valence-electron chi connectivity index (χ0n) is 15.2. The van der Waals surface area contributed by atoms with Gasteiger partial charge < -0.3 is 20.4 Å². The van der Waals surface area contributed by atoms with E-state index in [-0.39, 0.29) is 5.56 Å². The lowest BCUT2D eigenvalue weighted by Gasteiger charge is -2.40. The van der Waals surface area contributed by atoms with E-state index in [0.717, 1.165) is 13.1 Å². The van der Waals surface area contributed by atoms with Gasteiger partial charge in [0, 0.05) is 4.75 Å². The molecule has 1 aliphatic heterocycles. The lowest BCUT2D eigenvalue weighted by Crippen LogP contribution is -2.57. The summed E-state index contributed by atoms with van der Waals surface area (Å²) < 4.78 is 31.0. The van der Waals surface area contributed by atoms with E-state index in [1.807, 2.05) is 7.05 Å². The molecule has 162 valence electrons. The van der Waals surface area contributed by atoms with Crippen molar-refractivity contribution in [1.29, 1.82) is 0 Å². The fourth-order valence-corrected chi connectivity index (χ4v) is 3.17. The summed E-state index contributed by atoms with van der Waals surface area (Å²) in [6.45, 7) is 1.49. The fourth-order valence-electron chi connectivity index (χ4n) is 2.57. The van der Waals surface area contributed by atoms with Gasteiger partial charge in [-0.25, -0.2) is 9.59 Å². The highest BCUT2D eigenvalue weighted by Gasteiger charge is 2.43. The summed E-state index contributed by atoms with van der Waals surface area (Å²) in [5.41, 5.74) is 0.264. The Kier molecular flexibility index (Phi) is 8.79. The van der Waals surface area contributed by atoms with Gasteiger partial charge in [0.15, 0.2) is 0 Å². The Balaban J connectivity index is 0.000000516. The Morgan fingerprint density at radius 3 is 2.10 bits per heavy atom. The third kappa shape index (κ3) is 7.41. The SMILES string of the molecule is CN1CCC(S)(C(NC(=O)c2ccccc2Cl)C(=O)O)CC1.O=C(O)C(F)(F)F. The van der Waals surface area contributed by atoms with Crippen molar-refractivity contribution >= 4 is 42.1 Å². The molecule has 2 rings (SSSR count). The molecule has 0 aliphatic carbocycles. The van der Waals surface area contributed by atoms with Gasteiger partial charge in [0.1, 0.15) is 6.04 Å². The first kappa shape index (κ1) is 25.1. The number of amides is 1. The number of rotatable bonds is 4. The van der Waals surface area contributed by atoms with Crippen LogP contribution in [0.25, 0.3) is 0 Å². The predicted octanol–water partition coefficient (Wildman–Crippen LogP) is 2.55. The number of piperidine rings is 1. The van der Waals surface area contributed by atoms with Crippen LogP contribution < -0.4 is 5.32 Å². The number of carbonyl (C=O) groups excluding carboxylic acids is 1. The Labute approximate surface area is 175 Å². The molecule has 12 heteroatoms. The molecule has 0 saturated carbocycles. The van der Waals surface area contributed by atoms with Crippen LogP contribution in [0.2, 0.25) is 5.02 Å². The van der Waals surface area contributed by atoms with Crippen molar-refractivity contribution in [2.24, 2.45) is 0 Å². The number of hydrogen-bond acceptors (Lipinski definition) is 5. The van der Waals surface area contributed by atoms with Crippen molar-refractivity contribution < 1.29 is 37.8 Å². The summed E-state index contributed by atoms with van der Waals surface area (Å²) in [5, 5.41) is 19.5. The molecule has 1 aliphatic rings. The van der Waals surface area contributed by atoms with E-state index in [1.54, 1.807) is 24.3 Å². The number of nitrogens with one attached hydrogen (secondary N) is 1. The van der Waals surface area contributed by atoms with Crippen molar-refractivity contribution in [3.63, 3.8) is 0 Å². The molecule has 0 bridgehead atoms. The largest absolute Gasteiger partial charge is 0.490 e. The molecule has 3 N–H and O–H groups in total. The summed E-state index contributed by atoms with van der Waals surface area (Å²) in [6, 6.07) is 5.50. The van der Waals surface area contributed by atoms with Gasteiger partial charge in [-0.3, -0.25) is 4.79 Å². The highest BCUT2D eigenvalue weighted by Crippen LogP contribution is 2.32. The molecule has 1 unspecified atom stereocenters. The number of nitrogens with zero attached hydrogens (tertiary/aromatic N) is 1. The summed E-state index contributed by atoms with van der Waals surface area (Å²) in [5.74, 6) is -4.34. The van der Waals surface area contributed by atoms with Gasteiger partial charge in [-0.1, -0.05) is 23.7 Å². The lowest BCUT2D eigenvalue weighted by atomic mass is 9.88. The molecular weight excluding hydrogens is 437 g/mol. The molecule has 29 heavy (non-hydrogen) atoms. The topological polar surface area (TPSA) is 107 Å². The van der Waals surface area contributed by atoms with Crippen LogP contribution in [-0.2, 0) is 9.59 Å². The van der Waals surface area contributed by atoms with Crippen LogP contribution in [-0.4, -0.2) is 70.1 Å². The molecule has 0 spiro atoms. The van der Waals surface area contributed by atoms with Gasteiger partial charge in [-0.15, -0.1) is 0 Å². The van der Waals surface area contributed by atoms with E-state index >= 15 is 0 Å². The molecule has 1 atom stereocenters. The number of halogens is 4. The number of likely N-dealkylation sites (tertiary alicyclic amines) is 1. The van der Waals surface area contributed by atoms with Crippen LogP contribution in [0.1, 0.15) is 23.2 Å². The standard InChI is InChI=1S/C15H19ClN2O3S.C2HF3O2/c1-18-8-6-15(22,7-9-18)12(14(20)21)17-13(19)10-4-2-3-5-11(10)16;3-2(4,5)1(6)7/h2-5,12,22H,6-9H2,1H3,(H,17,19)(H,20,21);(H,6,7). The van der Waals surface area contributed by atoms with Crippen molar-refractivity contribution in [1.82, 2.24) is 10.2 Å². The first-order valence-electron chi connectivity index (χ1n) is 8.27. The first-order chi connectivity index (χ1) is 13.3. The molecule has 0 aromatic heterocycles. The Morgan fingerprint density at radius 2 is 1.69 bits per heavy atom. The first-order valence-corrected chi connectivity index (χ1v) is 9.09. The molecular formula is C17H20ClF3N2O5S. The van der Waals surface area contributed by atoms with Crippen LogP contribution in [0, 0.1) is 0 Å². The minimum Gasteiger partial charge on any atom is -0.480 e. The van der Waals surface area contributed by atoms with Gasteiger partial charge in [-0.2, -0.15) is 25.8 Å². The fraction of sp³-hybridized carbons (Fsp3) is 0.471. The quantitative estimate of drug-likeness (QED) is 0.519. The highest BCUT2D eigenvalue weighted by molar-refractivity contribution is 7.82. The molecule has 1 saturated heterocycles. The van der Waals surface area contributed by atoms with Gasteiger partial charge >= 0.3 is 18.1 Å². The maximum absolute atomic E-state index is 12.3. The average Bonchev–Trinajstić information content (AvgIpc) is 2.62. The van der Waals surface area contributed by atoms with E-state index < -0.39 is 34.8 Å². The monoisotopic (exact) mass is 456 g/mol. The number of benzene rings is 1. The average molecular weight is 457 g/mol. The number of aliphatic carboxylic acids is 2. The maximum Gasteiger partial charge on any atom is 0.490 e. The van der Waals surface area contributed by atoms with Crippen LogP contribution in [0.5, 0.6) is 0 Å². The van der Waals surface area contributed by atoms with Gasteiger partial charge in [-0.05, 0) is 45.1 Å². The molecule has 7 nitrogen and oxygen atoms in total. The van der Waals surface area contributed by atoms with Crippen LogP contribution >= 0.6 is 24.2 Å². The minimum atomic E-state index is -5.08. The van der Waals surface area contributed by atoms with E-state index in [0.29, 0.717) is 17.9 Å². The Bertz CT molecular complexity index is 755. The lowest BCUT2D eigenvalue weighted by molar-refractivity contribution is -0.192. The third-order valence-corrected chi connectivity index (χ3v) is 5.31. The molecule has 1 amide bonds. The second kappa shape index (κ2) is 10.2. The molecule has 0 radical (unpaired) electrons. The number of carboxylic acids is 2. The van der Waals surface area contributed by atoms with Crippen LogP contribution in [0.3, 0.4) is 0 Å². The predicted molar refractivity (Wildman–Crippen MR) is 102 cm³/mol. The van der Waals surface area contributed by atoms with Crippen molar-refractivity contribution in [2.45, 2.75) is 29.8 Å². The van der Waals surface area contributed by atoms with E-state index in [4.69, 9.17) is 21.5 Å². The molecule has 1 heterocycles. The van der Waals surface area contributed by atoms with Gasteiger partial charge in [0.05, 0.1) is 10.6 Å². The normalized spacial score (nSPS) is 17.4. The maximum atomic E-state index is 12.3. The number of carboxylic acid groups (broad SMARTS) is 2. The number of hydrogen-bond donors (Lipinski definition) is 4. The van der Waals surface area contributed by atoms with Gasteiger partial charge in [0.2, 0.25) is 0 Å². The van der Waals surface area contributed by atoms with E-state index in [9.17, 15) is 27.9 Å². The van der Waals surface area contributed by atoms with E-state index in [1.165, 1.54) is 0 Å². The van der Waals surface area contributed by atoms with Crippen LogP contribution in [0.4, 0.5) is 13.2 Å². The van der Waals surface area contributed by atoms with E-state index in [2.05, 4.69) is 22.8 Å². The molecule has 1 fully saturated rings. The van der Waals surface area contributed by atoms with Gasteiger partial charge in [0.25, 0.3) is 5.91 Å². The summed E-state index contributed by atoms with van der Waals surface area (Å²) in [7, 11) is 1.98. The number of alkyl halides is 3. The zero-order valence-corrected chi connectivity index (χ0v) is 16.9. The highest BCUT2D eigenvalue weighted by atomic mass is 35.5. The number of carbonyl (C=O) groups is 3. The summed E-state index contributed by atoms with van der Waals surface area (Å²) >= 11 is 10.6. The van der Waals surface area contributed by atoms with Crippen molar-refractivity contribution in [3.05, 3.63) is 34.9 Å². The second-order valence-electron chi connectivity index (χ2n) is 6.43. The summed E-state index contributed by atoms with van der Waals surface area (Å²) in [6.07, 6.45) is -3.90. The Morgan fingerprint density at radius 1 is 1.21 bits per heavy atom.